The van der Waals surface area contributed by atoms with Crippen LogP contribution in [0.2, 0.25) is 0 Å². The van der Waals surface area contributed by atoms with E-state index in [1.807, 2.05) is 18.2 Å². The second-order valence-corrected chi connectivity index (χ2v) is 6.32. The number of imidazole rings is 1. The van der Waals surface area contributed by atoms with Crippen molar-refractivity contribution in [2.24, 2.45) is 5.92 Å². The van der Waals surface area contributed by atoms with E-state index in [-0.39, 0.29) is 0 Å². The van der Waals surface area contributed by atoms with Crippen LogP contribution >= 0.6 is 0 Å². The Bertz CT molecular complexity index is 662. The van der Waals surface area contributed by atoms with Crippen LogP contribution in [0.25, 0.3) is 11.0 Å². The van der Waals surface area contributed by atoms with Gasteiger partial charge < -0.3 is 14.4 Å². The number of aryl methyl sites for hydroxylation is 1. The summed E-state index contributed by atoms with van der Waals surface area (Å²) in [6.45, 7) is 3.76. The molecule has 0 fully saturated rings. The average molecular weight is 314 g/mol. The Kier molecular flexibility index (Phi) is 5.47. The molecule has 4 heteroatoms. The molecule has 0 spiro atoms. The van der Waals surface area contributed by atoms with E-state index >= 15 is 0 Å². The SMILES string of the molecule is CCc1nc2ccccc2n1C[C@H](O)COC[C@@H]1CC=CCC1. The zero-order valence-electron chi connectivity index (χ0n) is 13.8. The molecule has 1 aromatic carbocycles. The summed E-state index contributed by atoms with van der Waals surface area (Å²) in [6, 6.07) is 8.09. The number of aliphatic hydroxyl groups excluding tert-OH is 1. The van der Waals surface area contributed by atoms with E-state index in [2.05, 4.69) is 34.7 Å². The molecule has 0 saturated heterocycles. The van der Waals surface area contributed by atoms with Gasteiger partial charge in [0.25, 0.3) is 0 Å². The molecule has 3 rings (SSSR count). The number of aromatic nitrogens is 2. The molecule has 0 unspecified atom stereocenters. The van der Waals surface area contributed by atoms with Gasteiger partial charge in [0.05, 0.1) is 30.3 Å². The van der Waals surface area contributed by atoms with Crippen molar-refractivity contribution in [3.63, 3.8) is 0 Å². The lowest BCUT2D eigenvalue weighted by atomic mass is 9.95. The lowest BCUT2D eigenvalue weighted by Gasteiger charge is -2.19. The zero-order chi connectivity index (χ0) is 16.1. The number of hydrogen-bond acceptors (Lipinski definition) is 3. The normalized spacial score (nSPS) is 19.3. The highest BCUT2D eigenvalue weighted by Crippen LogP contribution is 2.19. The minimum atomic E-state index is -0.503. The van der Waals surface area contributed by atoms with E-state index in [4.69, 9.17) is 4.74 Å². The van der Waals surface area contributed by atoms with Crippen LogP contribution < -0.4 is 0 Å². The first-order valence-corrected chi connectivity index (χ1v) is 8.63. The van der Waals surface area contributed by atoms with Gasteiger partial charge in [0.1, 0.15) is 5.82 Å². The molecular weight excluding hydrogens is 288 g/mol. The molecule has 0 bridgehead atoms. The maximum absolute atomic E-state index is 10.3. The molecule has 0 saturated carbocycles. The standard InChI is InChI=1S/C19H26N2O2/c1-2-19-20-17-10-6-7-11-18(17)21(19)12-16(22)14-23-13-15-8-4-3-5-9-15/h3-4,6-7,10-11,15-16,22H,2,5,8-9,12-14H2,1H3/t15-,16+/m1/s1. The Balaban J connectivity index is 1.57. The van der Waals surface area contributed by atoms with Crippen LogP contribution in [-0.4, -0.2) is 34.0 Å². The maximum atomic E-state index is 10.3. The maximum Gasteiger partial charge on any atom is 0.109 e. The first-order valence-electron chi connectivity index (χ1n) is 8.63. The molecule has 124 valence electrons. The van der Waals surface area contributed by atoms with Crippen molar-refractivity contribution < 1.29 is 9.84 Å². The summed E-state index contributed by atoms with van der Waals surface area (Å²) in [6.07, 6.45) is 8.27. The third kappa shape index (κ3) is 4.01. The number of hydrogen-bond donors (Lipinski definition) is 1. The largest absolute Gasteiger partial charge is 0.389 e. The Labute approximate surface area is 137 Å². The molecule has 2 atom stereocenters. The number of aliphatic hydroxyl groups is 1. The van der Waals surface area contributed by atoms with Gasteiger partial charge in [-0.25, -0.2) is 4.98 Å². The Morgan fingerprint density at radius 2 is 2.22 bits per heavy atom. The molecule has 0 aliphatic heterocycles. The summed E-state index contributed by atoms with van der Waals surface area (Å²) >= 11 is 0. The molecular formula is C19H26N2O2. The van der Waals surface area contributed by atoms with Crippen molar-refractivity contribution in [1.29, 1.82) is 0 Å². The van der Waals surface area contributed by atoms with Crippen LogP contribution in [0.4, 0.5) is 0 Å². The summed E-state index contributed by atoms with van der Waals surface area (Å²) in [5.74, 6) is 1.62. The summed E-state index contributed by atoms with van der Waals surface area (Å²) in [7, 11) is 0. The van der Waals surface area contributed by atoms with Crippen molar-refractivity contribution in [3.8, 4) is 0 Å². The molecule has 0 radical (unpaired) electrons. The molecule has 1 N–H and O–H groups in total. The van der Waals surface area contributed by atoms with Crippen molar-refractivity contribution in [2.75, 3.05) is 13.2 Å². The van der Waals surface area contributed by atoms with Gasteiger partial charge in [0.2, 0.25) is 0 Å². The minimum Gasteiger partial charge on any atom is -0.389 e. The predicted octanol–water partition coefficient (Wildman–Crippen LogP) is 3.33. The third-order valence-corrected chi connectivity index (χ3v) is 4.48. The molecule has 2 aromatic rings. The fourth-order valence-corrected chi connectivity index (χ4v) is 3.24. The monoisotopic (exact) mass is 314 g/mol. The number of allylic oxidation sites excluding steroid dienone is 2. The summed E-state index contributed by atoms with van der Waals surface area (Å²) in [5.41, 5.74) is 2.08. The first-order chi connectivity index (χ1) is 11.3. The number of benzene rings is 1. The molecule has 1 aliphatic carbocycles. The third-order valence-electron chi connectivity index (χ3n) is 4.48. The van der Waals surface area contributed by atoms with Crippen LogP contribution in [0.3, 0.4) is 0 Å². The molecule has 23 heavy (non-hydrogen) atoms. The van der Waals surface area contributed by atoms with E-state index in [1.54, 1.807) is 0 Å². The topological polar surface area (TPSA) is 47.3 Å². The van der Waals surface area contributed by atoms with Crippen molar-refractivity contribution >= 4 is 11.0 Å². The second kappa shape index (κ2) is 7.75. The first kappa shape index (κ1) is 16.2. The van der Waals surface area contributed by atoms with E-state index in [1.165, 1.54) is 6.42 Å². The van der Waals surface area contributed by atoms with Gasteiger partial charge in [0.15, 0.2) is 0 Å². The van der Waals surface area contributed by atoms with Gasteiger partial charge in [-0.1, -0.05) is 31.2 Å². The van der Waals surface area contributed by atoms with Gasteiger partial charge in [-0.05, 0) is 37.3 Å². The second-order valence-electron chi connectivity index (χ2n) is 6.32. The number of rotatable bonds is 7. The molecule has 1 aromatic heterocycles. The number of nitrogens with zero attached hydrogens (tertiary/aromatic N) is 2. The lowest BCUT2D eigenvalue weighted by Crippen LogP contribution is -2.24. The van der Waals surface area contributed by atoms with Crippen LogP contribution in [0.5, 0.6) is 0 Å². The van der Waals surface area contributed by atoms with Crippen LogP contribution in [0.1, 0.15) is 32.0 Å². The zero-order valence-corrected chi connectivity index (χ0v) is 13.8. The number of ether oxygens (including phenoxy) is 1. The molecule has 0 amide bonds. The fourth-order valence-electron chi connectivity index (χ4n) is 3.24. The van der Waals surface area contributed by atoms with Gasteiger partial charge in [-0.2, -0.15) is 0 Å². The smallest absolute Gasteiger partial charge is 0.109 e. The lowest BCUT2D eigenvalue weighted by molar-refractivity contribution is 0.0128. The quantitative estimate of drug-likeness (QED) is 0.797. The summed E-state index contributed by atoms with van der Waals surface area (Å²) in [4.78, 5) is 4.64. The molecule has 4 nitrogen and oxygen atoms in total. The van der Waals surface area contributed by atoms with Gasteiger partial charge in [0, 0.05) is 13.0 Å². The Hall–Kier alpha value is -1.65. The van der Waals surface area contributed by atoms with Gasteiger partial charge in [-0.15, -0.1) is 0 Å². The summed E-state index contributed by atoms with van der Waals surface area (Å²) in [5, 5.41) is 10.3. The highest BCUT2D eigenvalue weighted by atomic mass is 16.5. The Morgan fingerprint density at radius 1 is 1.35 bits per heavy atom. The van der Waals surface area contributed by atoms with Crippen molar-refractivity contribution in [2.45, 2.75) is 45.3 Å². The minimum absolute atomic E-state index is 0.385. The van der Waals surface area contributed by atoms with Crippen LogP contribution in [0, 0.1) is 5.92 Å². The van der Waals surface area contributed by atoms with Crippen LogP contribution in [0.15, 0.2) is 36.4 Å². The summed E-state index contributed by atoms with van der Waals surface area (Å²) < 4.78 is 7.87. The number of para-hydroxylation sites is 2. The van der Waals surface area contributed by atoms with Gasteiger partial charge >= 0.3 is 0 Å². The van der Waals surface area contributed by atoms with E-state index < -0.39 is 6.10 Å². The highest BCUT2D eigenvalue weighted by Gasteiger charge is 2.15. The molecule has 1 heterocycles. The van der Waals surface area contributed by atoms with E-state index in [9.17, 15) is 5.11 Å². The Morgan fingerprint density at radius 3 is 3.00 bits per heavy atom. The molecule has 1 aliphatic rings. The van der Waals surface area contributed by atoms with Crippen molar-refractivity contribution in [3.05, 3.63) is 42.2 Å². The van der Waals surface area contributed by atoms with Crippen LogP contribution in [-0.2, 0) is 17.7 Å². The fraction of sp³-hybridized carbons (Fsp3) is 0.526. The predicted molar refractivity (Wildman–Crippen MR) is 92.4 cm³/mol. The van der Waals surface area contributed by atoms with Crippen molar-refractivity contribution in [1.82, 2.24) is 9.55 Å². The van der Waals surface area contributed by atoms with Gasteiger partial charge in [-0.3, -0.25) is 0 Å². The van der Waals surface area contributed by atoms with E-state index in [0.717, 1.165) is 42.7 Å². The average Bonchev–Trinajstić information content (AvgIpc) is 2.94. The highest BCUT2D eigenvalue weighted by molar-refractivity contribution is 5.75. The van der Waals surface area contributed by atoms with E-state index in [0.29, 0.717) is 19.1 Å². The number of fused-ring (bicyclic) bond motifs is 1.